The van der Waals surface area contributed by atoms with Crippen LogP contribution in [0.5, 0.6) is 0 Å². The number of ether oxygens (including phenoxy) is 1. The molecule has 4 aliphatic rings. The minimum atomic E-state index is -1.01. The molecule has 6 atom stereocenters. The van der Waals surface area contributed by atoms with Gasteiger partial charge in [-0.1, -0.05) is 12.5 Å². The number of hydrogen-bond acceptors (Lipinski definition) is 5. The van der Waals surface area contributed by atoms with Gasteiger partial charge in [-0.05, 0) is 81.1 Å². The molecule has 4 aliphatic carbocycles. The topological polar surface area (TPSA) is 97.7 Å². The summed E-state index contributed by atoms with van der Waals surface area (Å²) in [5.41, 5.74) is 0.865. The Morgan fingerprint density at radius 1 is 1.06 bits per heavy atom. The standard InChI is InChI=1S/C25H34O6/c1-15(26)19-5-6-20-18-4-3-16-13-17(27)9-12-25(16,21(18)10-11-24(19,20)2)14-31-23(30)8-7-22(28)29/h13,18-21H,3-12,14H2,1-2H3,(H,28,29)/t18-,19-,20-,21+,24+,25+/m0/s1. The maximum atomic E-state index is 12.3. The van der Waals surface area contributed by atoms with Crippen molar-refractivity contribution in [3.05, 3.63) is 11.6 Å². The van der Waals surface area contributed by atoms with Crippen LogP contribution in [0.15, 0.2) is 11.6 Å². The van der Waals surface area contributed by atoms with Crippen molar-refractivity contribution in [3.8, 4) is 0 Å². The van der Waals surface area contributed by atoms with E-state index in [0.717, 1.165) is 44.1 Å². The lowest BCUT2D eigenvalue weighted by Gasteiger charge is -2.58. The molecular weight excluding hydrogens is 396 g/mol. The van der Waals surface area contributed by atoms with Gasteiger partial charge in [-0.3, -0.25) is 19.2 Å². The summed E-state index contributed by atoms with van der Waals surface area (Å²) >= 11 is 0. The van der Waals surface area contributed by atoms with Crippen molar-refractivity contribution < 1.29 is 29.0 Å². The predicted octanol–water partition coefficient (Wildman–Crippen LogP) is 4.11. The Bertz CT molecular complexity index is 828. The SMILES string of the molecule is CC(=O)[C@@H]1CC[C@H]2[C@@H]3CCC4=CC(=O)CC[C@]4(COC(=O)CCC(=O)O)[C@@H]3CC[C@]12C. The molecular formula is C25H34O6. The summed E-state index contributed by atoms with van der Waals surface area (Å²) < 4.78 is 5.66. The second-order valence-corrected chi connectivity index (χ2v) is 10.5. The van der Waals surface area contributed by atoms with E-state index < -0.39 is 11.9 Å². The first-order valence-electron chi connectivity index (χ1n) is 11.8. The Hall–Kier alpha value is -1.98. The van der Waals surface area contributed by atoms with Gasteiger partial charge in [0.25, 0.3) is 0 Å². The lowest BCUT2D eigenvalue weighted by Crippen LogP contribution is -2.53. The molecule has 0 amide bonds. The monoisotopic (exact) mass is 430 g/mol. The van der Waals surface area contributed by atoms with Crippen LogP contribution in [0.1, 0.15) is 78.1 Å². The fourth-order valence-corrected chi connectivity index (χ4v) is 7.79. The summed E-state index contributed by atoms with van der Waals surface area (Å²) in [6.45, 7) is 4.28. The fraction of sp³-hybridized carbons (Fsp3) is 0.760. The first-order valence-corrected chi connectivity index (χ1v) is 11.8. The van der Waals surface area contributed by atoms with Crippen molar-refractivity contribution >= 4 is 23.5 Å². The number of rotatable bonds is 6. The van der Waals surface area contributed by atoms with Gasteiger partial charge in [-0.15, -0.1) is 0 Å². The highest BCUT2D eigenvalue weighted by Gasteiger charge is 2.61. The van der Waals surface area contributed by atoms with Crippen LogP contribution in [0.3, 0.4) is 0 Å². The van der Waals surface area contributed by atoms with Crippen molar-refractivity contribution in [3.63, 3.8) is 0 Å². The molecule has 0 aromatic rings. The minimum absolute atomic E-state index is 0.0536. The van der Waals surface area contributed by atoms with Crippen LogP contribution in [0.4, 0.5) is 0 Å². The minimum Gasteiger partial charge on any atom is -0.481 e. The van der Waals surface area contributed by atoms with Crippen molar-refractivity contribution in [2.45, 2.75) is 78.1 Å². The summed E-state index contributed by atoms with van der Waals surface area (Å²) in [6, 6.07) is 0. The van der Waals surface area contributed by atoms with E-state index in [9.17, 15) is 19.2 Å². The van der Waals surface area contributed by atoms with Crippen LogP contribution in [0, 0.1) is 34.5 Å². The number of carboxylic acid groups (broad SMARTS) is 1. The molecule has 0 bridgehead atoms. The number of carbonyl (C=O) groups is 4. The van der Waals surface area contributed by atoms with E-state index in [1.165, 1.54) is 0 Å². The van der Waals surface area contributed by atoms with Gasteiger partial charge in [0.1, 0.15) is 12.4 Å². The van der Waals surface area contributed by atoms with Gasteiger partial charge in [0.15, 0.2) is 5.78 Å². The largest absolute Gasteiger partial charge is 0.481 e. The highest BCUT2D eigenvalue weighted by Crippen LogP contribution is 2.66. The summed E-state index contributed by atoms with van der Waals surface area (Å²) in [5.74, 6) is 0.442. The number of carboxylic acids is 1. The van der Waals surface area contributed by atoms with Crippen molar-refractivity contribution in [1.29, 1.82) is 0 Å². The normalized spacial score (nSPS) is 39.0. The first-order chi connectivity index (χ1) is 14.7. The smallest absolute Gasteiger partial charge is 0.306 e. The third kappa shape index (κ3) is 3.76. The summed E-state index contributed by atoms with van der Waals surface area (Å²) in [7, 11) is 0. The lowest BCUT2D eigenvalue weighted by molar-refractivity contribution is -0.155. The van der Waals surface area contributed by atoms with E-state index in [1.54, 1.807) is 13.0 Å². The third-order valence-corrected chi connectivity index (χ3v) is 9.21. The zero-order valence-corrected chi connectivity index (χ0v) is 18.7. The van der Waals surface area contributed by atoms with E-state index in [-0.39, 0.29) is 42.0 Å². The second kappa shape index (κ2) is 8.18. The highest BCUT2D eigenvalue weighted by atomic mass is 16.5. The molecule has 0 saturated heterocycles. The molecule has 0 spiro atoms. The predicted molar refractivity (Wildman–Crippen MR) is 113 cm³/mol. The van der Waals surface area contributed by atoms with Crippen molar-refractivity contribution in [2.24, 2.45) is 34.5 Å². The van der Waals surface area contributed by atoms with Gasteiger partial charge >= 0.3 is 11.9 Å². The molecule has 4 rings (SSSR count). The molecule has 0 unspecified atom stereocenters. The fourth-order valence-electron chi connectivity index (χ4n) is 7.79. The number of carbonyl (C=O) groups excluding carboxylic acids is 3. The number of Topliss-reactive ketones (excluding diaryl/α,β-unsaturated/α-hetero) is 1. The van der Waals surface area contributed by atoms with Gasteiger partial charge < -0.3 is 9.84 Å². The Morgan fingerprint density at radius 2 is 1.84 bits per heavy atom. The third-order valence-electron chi connectivity index (χ3n) is 9.21. The van der Waals surface area contributed by atoms with E-state index in [0.29, 0.717) is 36.4 Å². The number of fused-ring (bicyclic) bond motifs is 5. The number of hydrogen-bond donors (Lipinski definition) is 1. The van der Waals surface area contributed by atoms with Crippen LogP contribution in [0.25, 0.3) is 0 Å². The van der Waals surface area contributed by atoms with Gasteiger partial charge in [0.05, 0.1) is 12.8 Å². The van der Waals surface area contributed by atoms with Crippen molar-refractivity contribution in [2.75, 3.05) is 6.61 Å². The molecule has 31 heavy (non-hydrogen) atoms. The zero-order valence-electron chi connectivity index (χ0n) is 18.7. The zero-order chi connectivity index (χ0) is 22.4. The summed E-state index contributed by atoms with van der Waals surface area (Å²) in [5, 5.41) is 8.84. The van der Waals surface area contributed by atoms with E-state index >= 15 is 0 Å². The second-order valence-electron chi connectivity index (χ2n) is 10.5. The highest BCUT2D eigenvalue weighted by molar-refractivity contribution is 5.91. The van der Waals surface area contributed by atoms with E-state index in [4.69, 9.17) is 9.84 Å². The number of ketones is 2. The molecule has 6 nitrogen and oxygen atoms in total. The van der Waals surface area contributed by atoms with Gasteiger partial charge in [0, 0.05) is 17.8 Å². The van der Waals surface area contributed by atoms with Crippen LogP contribution in [-0.4, -0.2) is 35.2 Å². The Kier molecular flexibility index (Phi) is 5.86. The van der Waals surface area contributed by atoms with Gasteiger partial charge in [-0.25, -0.2) is 0 Å². The molecule has 0 aliphatic heterocycles. The molecule has 3 saturated carbocycles. The number of esters is 1. The average molecular weight is 431 g/mol. The van der Waals surface area contributed by atoms with Crippen LogP contribution >= 0.6 is 0 Å². The summed E-state index contributed by atoms with van der Waals surface area (Å²) in [6.07, 6.45) is 8.52. The molecule has 170 valence electrons. The first kappa shape index (κ1) is 22.2. The molecule has 0 radical (unpaired) electrons. The van der Waals surface area contributed by atoms with E-state index in [1.807, 2.05) is 0 Å². The Morgan fingerprint density at radius 3 is 2.55 bits per heavy atom. The van der Waals surface area contributed by atoms with Crippen molar-refractivity contribution in [1.82, 2.24) is 0 Å². The maximum Gasteiger partial charge on any atom is 0.306 e. The van der Waals surface area contributed by atoms with E-state index in [2.05, 4.69) is 6.92 Å². The van der Waals surface area contributed by atoms with Crippen LogP contribution in [-0.2, 0) is 23.9 Å². The van der Waals surface area contributed by atoms with Crippen LogP contribution < -0.4 is 0 Å². The lowest BCUT2D eigenvalue weighted by atomic mass is 9.46. The molecule has 0 heterocycles. The quantitative estimate of drug-likeness (QED) is 0.637. The molecule has 0 aromatic carbocycles. The molecule has 3 fully saturated rings. The molecule has 1 N–H and O–H groups in total. The maximum absolute atomic E-state index is 12.3. The Labute approximate surface area is 183 Å². The van der Waals surface area contributed by atoms with Gasteiger partial charge in [0.2, 0.25) is 0 Å². The summed E-state index contributed by atoms with van der Waals surface area (Å²) in [4.78, 5) is 47.6. The number of aliphatic carboxylic acids is 1. The molecule has 6 heteroatoms. The Balaban J connectivity index is 1.59. The average Bonchev–Trinajstić information content (AvgIpc) is 3.08. The van der Waals surface area contributed by atoms with Gasteiger partial charge in [-0.2, -0.15) is 0 Å². The molecule has 0 aromatic heterocycles. The van der Waals surface area contributed by atoms with Crippen LogP contribution in [0.2, 0.25) is 0 Å².